The van der Waals surface area contributed by atoms with Crippen molar-refractivity contribution >= 4 is 58.1 Å². The third-order valence-electron chi connectivity index (χ3n) is 9.17. The van der Waals surface area contributed by atoms with Crippen molar-refractivity contribution in [2.75, 3.05) is 25.1 Å². The topological polar surface area (TPSA) is 271 Å². The van der Waals surface area contributed by atoms with E-state index in [-0.39, 0.29) is 37.3 Å². The third-order valence-corrected chi connectivity index (χ3v) is 9.82. The molecule has 0 unspecified atom stereocenters. The van der Waals surface area contributed by atoms with Gasteiger partial charge >= 0.3 is 0 Å². The Morgan fingerprint density at radius 3 is 2.23 bits per heavy atom. The lowest BCUT2D eigenvalue weighted by Gasteiger charge is -2.27. The summed E-state index contributed by atoms with van der Waals surface area (Å²) < 4.78 is 0. The van der Waals surface area contributed by atoms with Crippen LogP contribution in [-0.4, -0.2) is 112 Å². The van der Waals surface area contributed by atoms with Gasteiger partial charge in [0.05, 0.1) is 25.0 Å². The summed E-state index contributed by atoms with van der Waals surface area (Å²) in [7, 11) is 0. The van der Waals surface area contributed by atoms with Crippen LogP contribution in [-0.2, 0) is 41.6 Å². The number of carbonyl (C=O) groups is 6. The number of primary amides is 1. The summed E-state index contributed by atoms with van der Waals surface area (Å²) in [6.07, 6.45) is 8.22. The Hall–Kier alpha value is -4.94. The quantitative estimate of drug-likeness (QED) is 0.0579. The minimum Gasteiger partial charge on any atom is -0.368 e. The van der Waals surface area contributed by atoms with E-state index in [2.05, 4.69) is 46.9 Å². The number of nitrogens with one attached hydrogen (secondary N) is 8. The van der Waals surface area contributed by atoms with Crippen molar-refractivity contribution in [3.05, 3.63) is 54.2 Å². The maximum atomic E-state index is 13.7. The van der Waals surface area contributed by atoms with Crippen LogP contribution in [0.3, 0.4) is 0 Å². The molecule has 3 rings (SSSR count). The molecule has 3 aromatic rings. The van der Waals surface area contributed by atoms with Crippen molar-refractivity contribution in [2.24, 2.45) is 23.3 Å². The fourth-order valence-corrected chi connectivity index (χ4v) is 6.58. The van der Waals surface area contributed by atoms with Gasteiger partial charge < -0.3 is 53.3 Å². The number of fused-ring (bicyclic) bond motifs is 1. The SMILES string of the molecule is CSCC[C@H](NC[C@H](CC(C)C)NC(=O)[C@H](Cc1cnc[nH]1)NC(=O)CNC(=O)[C@@H](NC(=O)[C@H](C)NC(=O)[C@@H](N)Cc1c[nH]c2ccccc12)C(C)C)C(N)=O. The lowest BCUT2D eigenvalue weighted by atomic mass is 10.0. The van der Waals surface area contributed by atoms with Crippen LogP contribution in [0.5, 0.6) is 0 Å². The van der Waals surface area contributed by atoms with E-state index in [0.29, 0.717) is 18.5 Å². The molecule has 6 atom stereocenters. The van der Waals surface area contributed by atoms with Crippen LogP contribution in [0.4, 0.5) is 0 Å². The summed E-state index contributed by atoms with van der Waals surface area (Å²) in [5.41, 5.74) is 14.2. The monoisotopic (exact) mass is 797 g/mol. The zero-order valence-electron chi connectivity index (χ0n) is 33.1. The fourth-order valence-electron chi connectivity index (χ4n) is 6.11. The predicted octanol–water partition coefficient (Wildman–Crippen LogP) is -0.0225. The largest absolute Gasteiger partial charge is 0.368 e. The van der Waals surface area contributed by atoms with E-state index in [1.807, 2.05) is 44.4 Å². The fraction of sp³-hybridized carbons (Fsp3) is 0.553. The molecular weight excluding hydrogens is 739 g/mol. The van der Waals surface area contributed by atoms with E-state index < -0.39 is 72.2 Å². The zero-order valence-corrected chi connectivity index (χ0v) is 33.9. The van der Waals surface area contributed by atoms with Crippen LogP contribution < -0.4 is 43.4 Å². The number of hydrogen-bond acceptors (Lipinski definition) is 10. The number of aromatic nitrogens is 3. The molecule has 56 heavy (non-hydrogen) atoms. The molecule has 0 aliphatic rings. The van der Waals surface area contributed by atoms with E-state index in [1.54, 1.807) is 38.0 Å². The number of thioether (sulfide) groups is 1. The van der Waals surface area contributed by atoms with Gasteiger partial charge in [-0.25, -0.2) is 4.98 Å². The molecule has 0 saturated carbocycles. The number of nitrogens with zero attached hydrogens (tertiary/aromatic N) is 1. The highest BCUT2D eigenvalue weighted by molar-refractivity contribution is 7.98. The molecule has 2 heterocycles. The number of aromatic amines is 2. The summed E-state index contributed by atoms with van der Waals surface area (Å²) in [5.74, 6) is -2.77. The second-order valence-electron chi connectivity index (χ2n) is 14.7. The van der Waals surface area contributed by atoms with Crippen molar-refractivity contribution in [3.8, 4) is 0 Å². The average molecular weight is 798 g/mol. The molecule has 0 spiro atoms. The maximum Gasteiger partial charge on any atom is 0.243 e. The normalized spacial score (nSPS) is 14.7. The van der Waals surface area contributed by atoms with Crippen LogP contribution in [0.15, 0.2) is 43.0 Å². The highest BCUT2D eigenvalue weighted by Gasteiger charge is 2.30. The number of benzene rings is 1. The van der Waals surface area contributed by atoms with Crippen LogP contribution in [0.25, 0.3) is 10.9 Å². The number of H-pyrrole nitrogens is 2. The van der Waals surface area contributed by atoms with E-state index in [4.69, 9.17) is 11.5 Å². The van der Waals surface area contributed by atoms with E-state index >= 15 is 0 Å². The van der Waals surface area contributed by atoms with Crippen LogP contribution >= 0.6 is 11.8 Å². The number of amides is 6. The number of para-hydroxylation sites is 1. The molecule has 0 aliphatic heterocycles. The first kappa shape index (κ1) is 45.4. The van der Waals surface area contributed by atoms with Gasteiger partial charge in [-0.1, -0.05) is 45.9 Å². The molecule has 12 N–H and O–H groups in total. The van der Waals surface area contributed by atoms with Gasteiger partial charge in [0.1, 0.15) is 18.1 Å². The van der Waals surface area contributed by atoms with E-state index in [1.165, 1.54) is 13.3 Å². The minimum absolute atomic E-state index is 0.0880. The molecular formula is C38H59N11O6S. The number of carbonyl (C=O) groups excluding carboxylic acids is 6. The first-order valence-corrected chi connectivity index (χ1v) is 20.3. The van der Waals surface area contributed by atoms with Gasteiger partial charge in [0.2, 0.25) is 35.4 Å². The molecule has 2 aromatic heterocycles. The Balaban J connectivity index is 1.57. The average Bonchev–Trinajstić information content (AvgIpc) is 3.81. The Morgan fingerprint density at radius 1 is 0.857 bits per heavy atom. The molecule has 308 valence electrons. The van der Waals surface area contributed by atoms with Crippen LogP contribution in [0.1, 0.15) is 58.7 Å². The summed E-state index contributed by atoms with van der Waals surface area (Å²) in [6.45, 7) is 8.78. The van der Waals surface area contributed by atoms with Crippen molar-refractivity contribution in [3.63, 3.8) is 0 Å². The molecule has 0 aliphatic carbocycles. The first-order valence-electron chi connectivity index (χ1n) is 18.9. The van der Waals surface area contributed by atoms with Gasteiger partial charge in [-0.3, -0.25) is 28.8 Å². The molecule has 0 saturated heterocycles. The van der Waals surface area contributed by atoms with Crippen LogP contribution in [0, 0.1) is 11.8 Å². The predicted molar refractivity (Wildman–Crippen MR) is 217 cm³/mol. The molecule has 6 amide bonds. The van der Waals surface area contributed by atoms with Gasteiger partial charge in [0, 0.05) is 48.0 Å². The minimum atomic E-state index is -1.04. The van der Waals surface area contributed by atoms with Gasteiger partial charge in [0.25, 0.3) is 0 Å². The highest BCUT2D eigenvalue weighted by Crippen LogP contribution is 2.19. The second kappa shape index (κ2) is 22.6. The third kappa shape index (κ3) is 14.6. The van der Waals surface area contributed by atoms with Gasteiger partial charge in [0.15, 0.2) is 0 Å². The van der Waals surface area contributed by atoms with Crippen molar-refractivity contribution in [1.82, 2.24) is 46.9 Å². The highest BCUT2D eigenvalue weighted by atomic mass is 32.2. The Labute approximate surface area is 332 Å². The summed E-state index contributed by atoms with van der Waals surface area (Å²) in [4.78, 5) is 88.3. The first-order chi connectivity index (χ1) is 26.6. The number of hydrogen-bond donors (Lipinski definition) is 10. The summed E-state index contributed by atoms with van der Waals surface area (Å²) in [6, 6.07) is 2.71. The Morgan fingerprint density at radius 2 is 1.59 bits per heavy atom. The lowest BCUT2D eigenvalue weighted by Crippen LogP contribution is -2.58. The molecule has 0 fully saturated rings. The van der Waals surface area contributed by atoms with E-state index in [0.717, 1.165) is 22.2 Å². The van der Waals surface area contributed by atoms with Crippen molar-refractivity contribution in [1.29, 1.82) is 0 Å². The molecule has 1 aromatic carbocycles. The summed E-state index contributed by atoms with van der Waals surface area (Å²) >= 11 is 1.60. The Bertz CT molecular complexity index is 1750. The summed E-state index contributed by atoms with van der Waals surface area (Å²) in [5, 5.41) is 17.7. The van der Waals surface area contributed by atoms with Gasteiger partial charge in [-0.05, 0) is 61.7 Å². The second-order valence-corrected chi connectivity index (χ2v) is 15.7. The molecule has 17 nitrogen and oxygen atoms in total. The Kier molecular flexibility index (Phi) is 18.3. The van der Waals surface area contributed by atoms with E-state index in [9.17, 15) is 28.8 Å². The maximum absolute atomic E-state index is 13.7. The lowest BCUT2D eigenvalue weighted by molar-refractivity contribution is -0.133. The standard InChI is InChI=1S/C38H59N11O6S/c1-21(2)13-26(18-43-30(34(40)51)11-12-56-6)47-37(54)31(15-25-17-41-20-45-25)48-32(50)19-44-38(55)33(22(3)4)49-35(52)23(5)46-36(53)28(39)14-24-16-42-29-10-8-7-9-27(24)29/h7-10,16-17,20-23,26,28,30-31,33,42-43H,11-15,18-19,39H2,1-6H3,(H2,40,51)(H,41,45)(H,44,55)(H,46,53)(H,47,54)(H,48,50)(H,49,52)/t23-,26-,28-,30-,31-,33-/m0/s1. The molecule has 18 heteroatoms. The van der Waals surface area contributed by atoms with Crippen molar-refractivity contribution < 1.29 is 28.8 Å². The molecule has 0 bridgehead atoms. The van der Waals surface area contributed by atoms with Gasteiger partial charge in [-0.2, -0.15) is 11.8 Å². The van der Waals surface area contributed by atoms with Crippen LogP contribution in [0.2, 0.25) is 0 Å². The zero-order chi connectivity index (χ0) is 41.4. The van der Waals surface area contributed by atoms with Crippen molar-refractivity contribution in [2.45, 2.75) is 96.6 Å². The number of imidazole rings is 1. The smallest absolute Gasteiger partial charge is 0.243 e. The number of rotatable bonds is 24. The molecule has 0 radical (unpaired) electrons. The number of nitrogens with two attached hydrogens (primary N) is 2. The van der Waals surface area contributed by atoms with Gasteiger partial charge in [-0.15, -0.1) is 0 Å².